The molecule has 0 aromatic heterocycles. The summed E-state index contributed by atoms with van der Waals surface area (Å²) < 4.78 is 4.98. The Labute approximate surface area is 101 Å². The van der Waals surface area contributed by atoms with Crippen LogP contribution < -0.4 is 0 Å². The number of nitrogens with zero attached hydrogens (tertiary/aromatic N) is 1. The molecule has 1 atom stereocenters. The van der Waals surface area contributed by atoms with Crippen molar-refractivity contribution in [1.82, 2.24) is 4.90 Å². The standard InChI is InChI=1S/C12H19NO4/c1-4-5-6-17-12(16)13-10(15)7-9(14)11(13)8(2)3/h8,11H,4-7H2,1-3H3. The van der Waals surface area contributed by atoms with Gasteiger partial charge in [0.15, 0.2) is 5.78 Å². The average molecular weight is 241 g/mol. The van der Waals surface area contributed by atoms with E-state index in [1.54, 1.807) is 0 Å². The van der Waals surface area contributed by atoms with E-state index in [1.807, 2.05) is 20.8 Å². The van der Waals surface area contributed by atoms with E-state index in [0.29, 0.717) is 0 Å². The van der Waals surface area contributed by atoms with Gasteiger partial charge < -0.3 is 4.74 Å². The van der Waals surface area contributed by atoms with Crippen LogP contribution in [0.5, 0.6) is 0 Å². The van der Waals surface area contributed by atoms with Crippen LogP contribution in [0.1, 0.15) is 40.0 Å². The summed E-state index contributed by atoms with van der Waals surface area (Å²) in [5, 5.41) is 0. The van der Waals surface area contributed by atoms with Crippen molar-refractivity contribution in [1.29, 1.82) is 0 Å². The molecule has 0 aliphatic carbocycles. The maximum Gasteiger partial charge on any atom is 0.417 e. The fraction of sp³-hybridized carbons (Fsp3) is 0.750. The van der Waals surface area contributed by atoms with Crippen molar-refractivity contribution >= 4 is 17.8 Å². The van der Waals surface area contributed by atoms with Crippen LogP contribution in [0.2, 0.25) is 0 Å². The predicted octanol–water partition coefficient (Wildman–Crippen LogP) is 1.75. The zero-order valence-electron chi connectivity index (χ0n) is 10.6. The predicted molar refractivity (Wildman–Crippen MR) is 61.4 cm³/mol. The fourth-order valence-corrected chi connectivity index (χ4v) is 1.90. The van der Waals surface area contributed by atoms with Gasteiger partial charge in [-0.15, -0.1) is 0 Å². The highest BCUT2D eigenvalue weighted by atomic mass is 16.6. The Kier molecular flexibility index (Phi) is 4.66. The number of ketones is 1. The van der Waals surface area contributed by atoms with Crippen LogP contribution in [0, 0.1) is 5.92 Å². The number of Topliss-reactive ketones (excluding diaryl/α,β-unsaturated/α-hetero) is 1. The summed E-state index contributed by atoms with van der Waals surface area (Å²) in [6, 6.07) is -0.656. The molecule has 0 N–H and O–H groups in total. The van der Waals surface area contributed by atoms with Gasteiger partial charge in [0.1, 0.15) is 6.04 Å². The van der Waals surface area contributed by atoms with Crippen LogP contribution in [0.15, 0.2) is 0 Å². The highest BCUT2D eigenvalue weighted by Crippen LogP contribution is 2.22. The maximum absolute atomic E-state index is 11.7. The number of carbonyl (C=O) groups excluding carboxylic acids is 3. The molecule has 0 saturated carbocycles. The summed E-state index contributed by atoms with van der Waals surface area (Å²) >= 11 is 0. The second-order valence-electron chi connectivity index (χ2n) is 4.56. The highest BCUT2D eigenvalue weighted by molar-refractivity contribution is 6.13. The minimum absolute atomic E-state index is 0.0762. The Balaban J connectivity index is 2.69. The number of amides is 2. The van der Waals surface area contributed by atoms with Gasteiger partial charge in [-0.3, -0.25) is 9.59 Å². The molecule has 1 saturated heterocycles. The number of hydrogen-bond acceptors (Lipinski definition) is 4. The second-order valence-corrected chi connectivity index (χ2v) is 4.56. The highest BCUT2D eigenvalue weighted by Gasteiger charge is 2.44. The van der Waals surface area contributed by atoms with Crippen LogP contribution >= 0.6 is 0 Å². The lowest BCUT2D eigenvalue weighted by Crippen LogP contribution is -2.43. The van der Waals surface area contributed by atoms with Crippen molar-refractivity contribution in [2.24, 2.45) is 5.92 Å². The van der Waals surface area contributed by atoms with Crippen molar-refractivity contribution < 1.29 is 19.1 Å². The number of ether oxygens (including phenoxy) is 1. The summed E-state index contributed by atoms with van der Waals surface area (Å²) in [5.74, 6) is -0.722. The molecule has 0 radical (unpaired) electrons. The first-order valence-corrected chi connectivity index (χ1v) is 6.00. The monoisotopic (exact) mass is 241 g/mol. The van der Waals surface area contributed by atoms with Crippen LogP contribution in [0.4, 0.5) is 4.79 Å². The quantitative estimate of drug-likeness (QED) is 0.555. The van der Waals surface area contributed by atoms with Gasteiger partial charge >= 0.3 is 6.09 Å². The van der Waals surface area contributed by atoms with Crippen molar-refractivity contribution in [2.45, 2.75) is 46.1 Å². The third-order valence-corrected chi connectivity index (χ3v) is 2.75. The molecule has 1 aliphatic heterocycles. The van der Waals surface area contributed by atoms with E-state index >= 15 is 0 Å². The second kappa shape index (κ2) is 5.80. The smallest absolute Gasteiger partial charge is 0.417 e. The SMILES string of the molecule is CCCCOC(=O)N1C(=O)CC(=O)C1C(C)C. The number of likely N-dealkylation sites (tertiary alicyclic amines) is 1. The largest absolute Gasteiger partial charge is 0.449 e. The summed E-state index contributed by atoms with van der Waals surface area (Å²) in [5.41, 5.74) is 0. The molecule has 1 heterocycles. The summed E-state index contributed by atoms with van der Waals surface area (Å²) in [4.78, 5) is 35.9. The molecule has 0 bridgehead atoms. The first-order chi connectivity index (χ1) is 7.99. The first kappa shape index (κ1) is 13.7. The van der Waals surface area contributed by atoms with Crippen LogP contribution in [0.3, 0.4) is 0 Å². The summed E-state index contributed by atoms with van der Waals surface area (Å²) in [6.45, 7) is 5.90. The Bertz CT molecular complexity index is 324. The van der Waals surface area contributed by atoms with Gasteiger partial charge in [-0.05, 0) is 12.3 Å². The number of hydrogen-bond donors (Lipinski definition) is 0. The Hall–Kier alpha value is -1.39. The number of carbonyl (C=O) groups is 3. The van der Waals surface area contributed by atoms with E-state index in [-0.39, 0.29) is 24.7 Å². The fourth-order valence-electron chi connectivity index (χ4n) is 1.90. The molecule has 17 heavy (non-hydrogen) atoms. The summed E-state index contributed by atoms with van der Waals surface area (Å²) in [6.07, 6.45) is 0.793. The molecule has 1 fully saturated rings. The molecule has 5 nitrogen and oxygen atoms in total. The Morgan fingerprint density at radius 2 is 2.12 bits per heavy atom. The minimum Gasteiger partial charge on any atom is -0.449 e. The maximum atomic E-state index is 11.7. The van der Waals surface area contributed by atoms with Crippen molar-refractivity contribution in [2.75, 3.05) is 6.61 Å². The lowest BCUT2D eigenvalue weighted by molar-refractivity contribution is -0.127. The molecule has 0 spiro atoms. The van der Waals surface area contributed by atoms with Gasteiger partial charge in [-0.2, -0.15) is 0 Å². The molecular formula is C12H19NO4. The minimum atomic E-state index is -0.687. The molecule has 96 valence electrons. The van der Waals surface area contributed by atoms with E-state index in [4.69, 9.17) is 4.74 Å². The van der Waals surface area contributed by atoms with Crippen LogP contribution in [0.25, 0.3) is 0 Å². The third-order valence-electron chi connectivity index (χ3n) is 2.75. The summed E-state index contributed by atoms with van der Waals surface area (Å²) in [7, 11) is 0. The van der Waals surface area contributed by atoms with E-state index < -0.39 is 18.0 Å². The molecule has 2 amide bonds. The van der Waals surface area contributed by atoms with E-state index in [0.717, 1.165) is 17.7 Å². The number of imide groups is 1. The zero-order chi connectivity index (χ0) is 13.0. The van der Waals surface area contributed by atoms with E-state index in [9.17, 15) is 14.4 Å². The molecule has 1 unspecified atom stereocenters. The first-order valence-electron chi connectivity index (χ1n) is 6.00. The molecule has 1 rings (SSSR count). The van der Waals surface area contributed by atoms with Gasteiger partial charge in [0.2, 0.25) is 5.91 Å². The van der Waals surface area contributed by atoms with Crippen molar-refractivity contribution in [3.8, 4) is 0 Å². The lowest BCUT2D eigenvalue weighted by Gasteiger charge is -2.23. The van der Waals surface area contributed by atoms with Crippen LogP contribution in [-0.4, -0.2) is 35.3 Å². The van der Waals surface area contributed by atoms with Crippen molar-refractivity contribution in [3.63, 3.8) is 0 Å². The van der Waals surface area contributed by atoms with Gasteiger partial charge in [-0.1, -0.05) is 27.2 Å². The number of unbranched alkanes of at least 4 members (excludes halogenated alkanes) is 1. The third kappa shape index (κ3) is 3.05. The molecule has 5 heteroatoms. The van der Waals surface area contributed by atoms with Gasteiger partial charge in [0.25, 0.3) is 0 Å². The number of rotatable bonds is 4. The Morgan fingerprint density at radius 3 is 2.65 bits per heavy atom. The molecular weight excluding hydrogens is 222 g/mol. The molecule has 0 aromatic carbocycles. The zero-order valence-corrected chi connectivity index (χ0v) is 10.6. The van der Waals surface area contributed by atoms with Gasteiger partial charge in [0, 0.05) is 0 Å². The van der Waals surface area contributed by atoms with Crippen molar-refractivity contribution in [3.05, 3.63) is 0 Å². The molecule has 0 aromatic rings. The van der Waals surface area contributed by atoms with Gasteiger partial charge in [0.05, 0.1) is 13.0 Å². The molecule has 1 aliphatic rings. The Morgan fingerprint density at radius 1 is 1.47 bits per heavy atom. The topological polar surface area (TPSA) is 63.7 Å². The van der Waals surface area contributed by atoms with Crippen LogP contribution in [-0.2, 0) is 14.3 Å². The van der Waals surface area contributed by atoms with Gasteiger partial charge in [-0.25, -0.2) is 9.69 Å². The van der Waals surface area contributed by atoms with E-state index in [1.165, 1.54) is 0 Å². The van der Waals surface area contributed by atoms with E-state index in [2.05, 4.69) is 0 Å². The normalized spacial score (nSPS) is 20.2. The lowest BCUT2D eigenvalue weighted by atomic mass is 10.0. The average Bonchev–Trinajstić information content (AvgIpc) is 2.53.